The molecule has 0 radical (unpaired) electrons. The van der Waals surface area contributed by atoms with Crippen LogP contribution in [0.4, 0.5) is 0 Å². The molecule has 0 amide bonds. The fourth-order valence-electron chi connectivity index (χ4n) is 3.11. The molecule has 2 atom stereocenters. The molecule has 1 fully saturated rings. The Kier molecular flexibility index (Phi) is 6.69. The van der Waals surface area contributed by atoms with Crippen LogP contribution in [0.25, 0.3) is 10.6 Å². The van der Waals surface area contributed by atoms with Gasteiger partial charge in [0, 0.05) is 29.7 Å². The summed E-state index contributed by atoms with van der Waals surface area (Å²) in [6, 6.07) is 3.09. The van der Waals surface area contributed by atoms with Crippen LogP contribution in [0.1, 0.15) is 23.4 Å². The van der Waals surface area contributed by atoms with Crippen molar-refractivity contribution < 1.29 is 18.3 Å². The molecule has 2 aromatic heterocycles. The first-order chi connectivity index (χ1) is 12.2. The van der Waals surface area contributed by atoms with Crippen molar-refractivity contribution in [3.05, 3.63) is 22.7 Å². The number of aromatic nitrogens is 2. The number of carbonyl (C=O) groups is 1. The molecule has 3 heterocycles. The van der Waals surface area contributed by atoms with Crippen molar-refractivity contribution in [2.75, 3.05) is 13.1 Å². The van der Waals surface area contributed by atoms with Crippen molar-refractivity contribution >= 4 is 39.7 Å². The summed E-state index contributed by atoms with van der Waals surface area (Å²) >= 11 is 1.35. The van der Waals surface area contributed by atoms with E-state index >= 15 is 0 Å². The molecule has 0 spiro atoms. The lowest BCUT2D eigenvalue weighted by atomic mass is 10.0. The van der Waals surface area contributed by atoms with Crippen LogP contribution < -0.4 is 5.73 Å². The molecule has 4 N–H and O–H groups in total. The smallest absolute Gasteiger partial charge is 0.307 e. The Hall–Kier alpha value is -1.46. The SMILES string of the molecule is Cc1cc(-c2cc(S(=O)(=O)N3C[C@H](N)CC[C@H](C(=O)O)C3)c(C)s2)n[nH]1.Cl. The molecular formula is C16H23ClN4O4S2. The molecule has 1 saturated heterocycles. The second-order valence-electron chi connectivity index (χ2n) is 6.66. The van der Waals surface area contributed by atoms with Gasteiger partial charge in [0.1, 0.15) is 5.69 Å². The number of sulfonamides is 1. The summed E-state index contributed by atoms with van der Waals surface area (Å²) in [5.41, 5.74) is 7.56. The maximum absolute atomic E-state index is 13.2. The van der Waals surface area contributed by atoms with Gasteiger partial charge in [-0.2, -0.15) is 9.40 Å². The summed E-state index contributed by atoms with van der Waals surface area (Å²) in [6.07, 6.45) is 0.867. The Balaban J connectivity index is 0.00000261. The molecule has 0 bridgehead atoms. The number of nitrogens with zero attached hydrogens (tertiary/aromatic N) is 2. The van der Waals surface area contributed by atoms with Crippen molar-refractivity contribution in [3.8, 4) is 10.6 Å². The van der Waals surface area contributed by atoms with Crippen LogP contribution >= 0.6 is 23.7 Å². The van der Waals surface area contributed by atoms with Gasteiger partial charge in [-0.1, -0.05) is 0 Å². The fraction of sp³-hybridized carbons (Fsp3) is 0.500. The summed E-state index contributed by atoms with van der Waals surface area (Å²) in [5, 5.41) is 16.4. The van der Waals surface area contributed by atoms with Crippen molar-refractivity contribution in [1.82, 2.24) is 14.5 Å². The molecule has 2 aromatic rings. The number of carboxylic acid groups (broad SMARTS) is 1. The van der Waals surface area contributed by atoms with E-state index in [4.69, 9.17) is 5.73 Å². The lowest BCUT2D eigenvalue weighted by Gasteiger charge is -2.23. The monoisotopic (exact) mass is 434 g/mol. The Morgan fingerprint density at radius 3 is 2.63 bits per heavy atom. The van der Waals surface area contributed by atoms with Gasteiger partial charge in [0.15, 0.2) is 0 Å². The van der Waals surface area contributed by atoms with E-state index in [9.17, 15) is 18.3 Å². The maximum Gasteiger partial charge on any atom is 0.307 e. The Morgan fingerprint density at radius 1 is 1.33 bits per heavy atom. The van der Waals surface area contributed by atoms with Gasteiger partial charge in [-0.3, -0.25) is 9.89 Å². The molecule has 0 aromatic carbocycles. The number of hydrogen-bond donors (Lipinski definition) is 3. The number of nitrogens with two attached hydrogens (primary N) is 1. The van der Waals surface area contributed by atoms with E-state index in [-0.39, 0.29) is 36.4 Å². The van der Waals surface area contributed by atoms with Gasteiger partial charge in [0.25, 0.3) is 0 Å². The standard InChI is InChI=1S/C16H22N4O4S2.ClH/c1-9-5-13(19-18-9)14-6-15(10(2)25-14)26(23,24)20-7-11(16(21)22)3-4-12(17)8-20;/h5-6,11-12H,3-4,7-8,17H2,1-2H3,(H,18,19)(H,21,22);1H/t11-,12+;/m0./s1. The highest BCUT2D eigenvalue weighted by molar-refractivity contribution is 7.89. The van der Waals surface area contributed by atoms with E-state index in [1.807, 2.05) is 13.0 Å². The van der Waals surface area contributed by atoms with Crippen molar-refractivity contribution in [1.29, 1.82) is 0 Å². The van der Waals surface area contributed by atoms with E-state index in [1.54, 1.807) is 13.0 Å². The highest BCUT2D eigenvalue weighted by Gasteiger charge is 2.35. The first-order valence-electron chi connectivity index (χ1n) is 8.30. The molecule has 150 valence electrons. The molecule has 27 heavy (non-hydrogen) atoms. The van der Waals surface area contributed by atoms with Crippen molar-refractivity contribution in [2.24, 2.45) is 11.7 Å². The third-order valence-electron chi connectivity index (χ3n) is 4.55. The van der Waals surface area contributed by atoms with E-state index < -0.39 is 21.9 Å². The van der Waals surface area contributed by atoms with Crippen LogP contribution in [-0.2, 0) is 14.8 Å². The lowest BCUT2D eigenvalue weighted by Crippen LogP contribution is -2.41. The summed E-state index contributed by atoms with van der Waals surface area (Å²) < 4.78 is 27.6. The van der Waals surface area contributed by atoms with Crippen molar-refractivity contribution in [3.63, 3.8) is 0 Å². The fourth-order valence-corrected chi connectivity index (χ4v) is 6.17. The zero-order valence-corrected chi connectivity index (χ0v) is 17.5. The molecular weight excluding hydrogens is 412 g/mol. The summed E-state index contributed by atoms with van der Waals surface area (Å²) in [5.74, 6) is -1.74. The van der Waals surface area contributed by atoms with Gasteiger partial charge >= 0.3 is 5.97 Å². The first kappa shape index (κ1) is 21.8. The molecule has 1 aliphatic heterocycles. The van der Waals surface area contributed by atoms with Gasteiger partial charge in [-0.25, -0.2) is 8.42 Å². The maximum atomic E-state index is 13.2. The normalized spacial score (nSPS) is 21.4. The Bertz CT molecular complexity index is 925. The van der Waals surface area contributed by atoms with Crippen LogP contribution in [0, 0.1) is 19.8 Å². The quantitative estimate of drug-likeness (QED) is 0.674. The highest BCUT2D eigenvalue weighted by Crippen LogP contribution is 2.35. The minimum Gasteiger partial charge on any atom is -0.481 e. The highest BCUT2D eigenvalue weighted by atomic mass is 35.5. The van der Waals surface area contributed by atoms with Crippen LogP contribution in [-0.4, -0.2) is 53.1 Å². The second kappa shape index (κ2) is 8.27. The topological polar surface area (TPSA) is 129 Å². The molecule has 11 heteroatoms. The van der Waals surface area contributed by atoms with Crippen LogP contribution in [0.3, 0.4) is 0 Å². The van der Waals surface area contributed by atoms with Crippen LogP contribution in [0.2, 0.25) is 0 Å². The van der Waals surface area contributed by atoms with E-state index in [2.05, 4.69) is 10.2 Å². The average molecular weight is 435 g/mol. The summed E-state index contributed by atoms with van der Waals surface area (Å²) in [4.78, 5) is 13.0. The Morgan fingerprint density at radius 2 is 2.04 bits per heavy atom. The number of thiophene rings is 1. The van der Waals surface area contributed by atoms with Gasteiger partial charge in [-0.15, -0.1) is 23.7 Å². The largest absolute Gasteiger partial charge is 0.481 e. The molecule has 0 aliphatic carbocycles. The number of H-pyrrole nitrogens is 1. The Labute approximate surface area is 168 Å². The number of hydrogen-bond acceptors (Lipinski definition) is 6. The van der Waals surface area contributed by atoms with Gasteiger partial charge in [0.2, 0.25) is 10.0 Å². The number of carboxylic acids is 1. The average Bonchev–Trinajstić information content (AvgIpc) is 3.09. The molecule has 8 nitrogen and oxygen atoms in total. The second-order valence-corrected chi connectivity index (χ2v) is 9.82. The third-order valence-corrected chi connectivity index (χ3v) is 7.71. The number of aliphatic carboxylic acids is 1. The molecule has 3 rings (SSSR count). The van der Waals surface area contributed by atoms with Gasteiger partial charge < -0.3 is 10.8 Å². The molecule has 0 saturated carbocycles. The number of nitrogens with one attached hydrogen (secondary N) is 1. The summed E-state index contributed by atoms with van der Waals surface area (Å²) in [6.45, 7) is 3.68. The van der Waals surface area contributed by atoms with Gasteiger partial charge in [-0.05, 0) is 38.8 Å². The van der Waals surface area contributed by atoms with E-state index in [0.29, 0.717) is 23.4 Å². The van der Waals surface area contributed by atoms with Crippen LogP contribution in [0.5, 0.6) is 0 Å². The number of halogens is 1. The van der Waals surface area contributed by atoms with Gasteiger partial charge in [0.05, 0.1) is 15.7 Å². The third kappa shape index (κ3) is 4.52. The molecule has 0 unspecified atom stereocenters. The lowest BCUT2D eigenvalue weighted by molar-refractivity contribution is -0.142. The first-order valence-corrected chi connectivity index (χ1v) is 10.6. The zero-order valence-electron chi connectivity index (χ0n) is 15.0. The summed E-state index contributed by atoms with van der Waals surface area (Å²) in [7, 11) is -3.83. The van der Waals surface area contributed by atoms with E-state index in [1.165, 1.54) is 15.6 Å². The minimum atomic E-state index is -3.83. The predicted molar refractivity (Wildman–Crippen MR) is 106 cm³/mol. The van der Waals surface area contributed by atoms with Crippen molar-refractivity contribution in [2.45, 2.75) is 37.6 Å². The van der Waals surface area contributed by atoms with Crippen LogP contribution in [0.15, 0.2) is 17.0 Å². The number of aryl methyl sites for hydroxylation is 2. The zero-order chi connectivity index (χ0) is 19.1. The van der Waals surface area contributed by atoms with E-state index in [0.717, 1.165) is 10.6 Å². The number of rotatable bonds is 4. The minimum absolute atomic E-state index is 0. The molecule has 1 aliphatic rings. The predicted octanol–water partition coefficient (Wildman–Crippen LogP) is 1.99. The number of aromatic amines is 1.